The molecule has 1 atom stereocenters. The molecular weight excluding hydrogens is 284 g/mol. The number of nitrogens with one attached hydrogen (secondary N) is 1. The largest absolute Gasteiger partial charge is 0.347 e. The highest BCUT2D eigenvalue weighted by Gasteiger charge is 2.15. The average Bonchev–Trinajstić information content (AvgIpc) is 2.85. The molecular formula is C14H22N6S. The third-order valence-electron chi connectivity index (χ3n) is 2.91. The molecule has 0 radical (unpaired) electrons. The van der Waals surface area contributed by atoms with Crippen LogP contribution in [0.15, 0.2) is 6.20 Å². The minimum absolute atomic E-state index is 0.0705. The van der Waals surface area contributed by atoms with Gasteiger partial charge in [0.25, 0.3) is 0 Å². The van der Waals surface area contributed by atoms with Crippen LogP contribution in [0.4, 0.5) is 11.9 Å². The fourth-order valence-corrected chi connectivity index (χ4v) is 2.51. The summed E-state index contributed by atoms with van der Waals surface area (Å²) >= 11 is 1.68. The molecule has 0 saturated heterocycles. The van der Waals surface area contributed by atoms with Crippen molar-refractivity contribution in [1.82, 2.24) is 19.9 Å². The monoisotopic (exact) mass is 306 g/mol. The second kappa shape index (κ2) is 6.34. The standard InChI is InChI=1S/C14H22N6S/c1-8(2)11-17-13(19-14(18-11)20(5)6)16-10(4)12-15-7-9(3)21-12/h7-8,10H,1-6H3,(H,16,17,18,19). The molecule has 0 aliphatic heterocycles. The minimum Gasteiger partial charge on any atom is -0.347 e. The molecule has 0 fully saturated rings. The van der Waals surface area contributed by atoms with Crippen molar-refractivity contribution in [2.75, 3.05) is 24.3 Å². The van der Waals surface area contributed by atoms with Crippen molar-refractivity contribution in [3.8, 4) is 0 Å². The second-order valence-corrected chi connectivity index (χ2v) is 6.81. The molecule has 0 spiro atoms. The van der Waals surface area contributed by atoms with E-state index in [1.165, 1.54) is 4.88 Å². The number of hydrogen-bond acceptors (Lipinski definition) is 7. The van der Waals surface area contributed by atoms with Crippen molar-refractivity contribution >= 4 is 23.2 Å². The van der Waals surface area contributed by atoms with Crippen LogP contribution in [0.5, 0.6) is 0 Å². The maximum atomic E-state index is 4.50. The number of anilines is 2. The van der Waals surface area contributed by atoms with Crippen molar-refractivity contribution < 1.29 is 0 Å². The van der Waals surface area contributed by atoms with E-state index in [9.17, 15) is 0 Å². The van der Waals surface area contributed by atoms with Crippen LogP contribution >= 0.6 is 11.3 Å². The molecule has 0 amide bonds. The van der Waals surface area contributed by atoms with Crippen LogP contribution in [-0.4, -0.2) is 34.0 Å². The Kier molecular flexibility index (Phi) is 4.72. The van der Waals surface area contributed by atoms with Gasteiger partial charge in [-0.25, -0.2) is 4.98 Å². The Hall–Kier alpha value is -1.76. The predicted octanol–water partition coefficient (Wildman–Crippen LogP) is 3.00. The molecule has 0 saturated carbocycles. The predicted molar refractivity (Wildman–Crippen MR) is 87.1 cm³/mol. The van der Waals surface area contributed by atoms with Crippen LogP contribution in [0, 0.1) is 6.92 Å². The molecule has 0 aliphatic carbocycles. The van der Waals surface area contributed by atoms with E-state index in [0.29, 0.717) is 11.9 Å². The topological polar surface area (TPSA) is 66.8 Å². The minimum atomic E-state index is 0.0705. The molecule has 2 heterocycles. The lowest BCUT2D eigenvalue weighted by molar-refractivity contribution is 0.745. The smallest absolute Gasteiger partial charge is 0.229 e. The summed E-state index contributed by atoms with van der Waals surface area (Å²) in [6, 6.07) is 0.0705. The highest BCUT2D eigenvalue weighted by molar-refractivity contribution is 7.11. The van der Waals surface area contributed by atoms with Gasteiger partial charge in [0.1, 0.15) is 10.8 Å². The zero-order chi connectivity index (χ0) is 15.6. The number of aryl methyl sites for hydroxylation is 1. The van der Waals surface area contributed by atoms with E-state index >= 15 is 0 Å². The fraction of sp³-hybridized carbons (Fsp3) is 0.571. The lowest BCUT2D eigenvalue weighted by atomic mass is 10.2. The van der Waals surface area contributed by atoms with Crippen molar-refractivity contribution in [3.63, 3.8) is 0 Å². The van der Waals surface area contributed by atoms with Crippen molar-refractivity contribution in [1.29, 1.82) is 0 Å². The Labute approximate surface area is 129 Å². The van der Waals surface area contributed by atoms with Crippen molar-refractivity contribution in [2.24, 2.45) is 0 Å². The van der Waals surface area contributed by atoms with Gasteiger partial charge in [-0.15, -0.1) is 11.3 Å². The summed E-state index contributed by atoms with van der Waals surface area (Å²) in [5.41, 5.74) is 0. The summed E-state index contributed by atoms with van der Waals surface area (Å²) in [6.07, 6.45) is 1.89. The van der Waals surface area contributed by atoms with E-state index in [-0.39, 0.29) is 12.0 Å². The van der Waals surface area contributed by atoms with Crippen molar-refractivity contribution in [2.45, 2.75) is 39.7 Å². The zero-order valence-electron chi connectivity index (χ0n) is 13.4. The highest BCUT2D eigenvalue weighted by Crippen LogP contribution is 2.23. The molecule has 7 heteroatoms. The van der Waals surface area contributed by atoms with Gasteiger partial charge in [-0.2, -0.15) is 15.0 Å². The van der Waals surface area contributed by atoms with Gasteiger partial charge < -0.3 is 10.2 Å². The molecule has 2 aromatic rings. The van der Waals surface area contributed by atoms with Crippen molar-refractivity contribution in [3.05, 3.63) is 21.9 Å². The lowest BCUT2D eigenvalue weighted by Gasteiger charge is -2.16. The Balaban J connectivity index is 2.26. The molecule has 0 bridgehead atoms. The summed E-state index contributed by atoms with van der Waals surface area (Å²) in [7, 11) is 3.85. The lowest BCUT2D eigenvalue weighted by Crippen LogP contribution is -2.18. The molecule has 2 rings (SSSR count). The number of nitrogens with zero attached hydrogens (tertiary/aromatic N) is 5. The van der Waals surface area contributed by atoms with Gasteiger partial charge in [0.05, 0.1) is 6.04 Å². The summed E-state index contributed by atoms with van der Waals surface area (Å²) < 4.78 is 0. The van der Waals surface area contributed by atoms with E-state index < -0.39 is 0 Å². The Bertz CT molecular complexity index is 581. The SMILES string of the molecule is Cc1cnc(C(C)Nc2nc(C(C)C)nc(N(C)C)n2)s1. The van der Waals surface area contributed by atoms with Gasteiger partial charge in [0, 0.05) is 31.1 Å². The summed E-state index contributed by atoms with van der Waals surface area (Å²) in [6.45, 7) is 8.27. The summed E-state index contributed by atoms with van der Waals surface area (Å²) in [5.74, 6) is 2.31. The van der Waals surface area contributed by atoms with Crippen LogP contribution in [0.1, 0.15) is 48.4 Å². The molecule has 6 nitrogen and oxygen atoms in total. The molecule has 0 aromatic carbocycles. The Morgan fingerprint density at radius 2 is 1.86 bits per heavy atom. The van der Waals surface area contributed by atoms with E-state index in [4.69, 9.17) is 0 Å². The van der Waals surface area contributed by atoms with Crippen LogP contribution in [-0.2, 0) is 0 Å². The molecule has 1 N–H and O–H groups in total. The highest BCUT2D eigenvalue weighted by atomic mass is 32.1. The fourth-order valence-electron chi connectivity index (χ4n) is 1.73. The maximum Gasteiger partial charge on any atom is 0.229 e. The van der Waals surface area contributed by atoms with Crippen LogP contribution in [0.25, 0.3) is 0 Å². The van der Waals surface area contributed by atoms with Gasteiger partial charge >= 0.3 is 0 Å². The zero-order valence-corrected chi connectivity index (χ0v) is 14.2. The van der Waals surface area contributed by atoms with Crippen LogP contribution in [0.2, 0.25) is 0 Å². The third-order valence-corrected chi connectivity index (χ3v) is 4.01. The number of aromatic nitrogens is 4. The van der Waals surface area contributed by atoms with E-state index in [1.807, 2.05) is 25.2 Å². The first-order chi connectivity index (χ1) is 9.86. The van der Waals surface area contributed by atoms with Crippen LogP contribution < -0.4 is 10.2 Å². The maximum absolute atomic E-state index is 4.50. The van der Waals surface area contributed by atoms with Gasteiger partial charge in [-0.3, -0.25) is 0 Å². The Morgan fingerprint density at radius 3 is 2.38 bits per heavy atom. The molecule has 114 valence electrons. The quantitative estimate of drug-likeness (QED) is 0.916. The number of thiazole rings is 1. The molecule has 2 aromatic heterocycles. The third kappa shape index (κ3) is 3.87. The normalized spacial score (nSPS) is 12.5. The van der Waals surface area contributed by atoms with E-state index in [1.54, 1.807) is 11.3 Å². The van der Waals surface area contributed by atoms with Crippen LogP contribution in [0.3, 0.4) is 0 Å². The first-order valence-corrected chi connectivity index (χ1v) is 7.80. The first kappa shape index (κ1) is 15.6. The number of rotatable bonds is 5. The van der Waals surface area contributed by atoms with E-state index in [0.717, 1.165) is 10.8 Å². The molecule has 1 unspecified atom stereocenters. The molecule has 21 heavy (non-hydrogen) atoms. The Morgan fingerprint density at radius 1 is 1.14 bits per heavy atom. The number of hydrogen-bond donors (Lipinski definition) is 1. The molecule has 0 aliphatic rings. The van der Waals surface area contributed by atoms with E-state index in [2.05, 4.69) is 52.9 Å². The van der Waals surface area contributed by atoms with Gasteiger partial charge in [-0.05, 0) is 13.8 Å². The van der Waals surface area contributed by atoms with Gasteiger partial charge in [-0.1, -0.05) is 13.8 Å². The summed E-state index contributed by atoms with van der Waals surface area (Å²) in [4.78, 5) is 20.9. The first-order valence-electron chi connectivity index (χ1n) is 6.99. The second-order valence-electron chi connectivity index (χ2n) is 5.54. The van der Waals surface area contributed by atoms with Gasteiger partial charge in [0.15, 0.2) is 0 Å². The summed E-state index contributed by atoms with van der Waals surface area (Å²) in [5, 5.41) is 4.35. The van der Waals surface area contributed by atoms with Gasteiger partial charge in [0.2, 0.25) is 11.9 Å². The average molecular weight is 306 g/mol.